The highest BCUT2D eigenvalue weighted by Crippen LogP contribution is 2.24. The Morgan fingerprint density at radius 3 is 1.97 bits per heavy atom. The standard InChI is InChI=1S/C18H14Cl3N3O5/c1-28-16(26)18(17(27)29-2,24-23-12-6-3-10(19)4-7-12)22-15(25)13-8-5-11(20)9-14(13)21/h3-9H,1-2H3,(H,22,25). The van der Waals surface area contributed by atoms with Gasteiger partial charge in [0.15, 0.2) is 0 Å². The molecule has 0 fully saturated rings. The van der Waals surface area contributed by atoms with Crippen molar-refractivity contribution in [2.24, 2.45) is 10.2 Å². The van der Waals surface area contributed by atoms with E-state index in [2.05, 4.69) is 25.0 Å². The summed E-state index contributed by atoms with van der Waals surface area (Å²) >= 11 is 17.7. The Bertz CT molecular complexity index is 948. The van der Waals surface area contributed by atoms with Crippen molar-refractivity contribution in [1.29, 1.82) is 0 Å². The second kappa shape index (κ2) is 9.69. The maximum atomic E-state index is 12.7. The second-order valence-electron chi connectivity index (χ2n) is 5.45. The van der Waals surface area contributed by atoms with E-state index in [1.807, 2.05) is 0 Å². The summed E-state index contributed by atoms with van der Waals surface area (Å²) in [5.41, 5.74) is -2.41. The van der Waals surface area contributed by atoms with Crippen molar-refractivity contribution in [2.75, 3.05) is 14.2 Å². The van der Waals surface area contributed by atoms with Crippen molar-refractivity contribution in [3.05, 3.63) is 63.1 Å². The van der Waals surface area contributed by atoms with Gasteiger partial charge in [0.05, 0.1) is 30.5 Å². The van der Waals surface area contributed by atoms with Gasteiger partial charge in [-0.1, -0.05) is 34.8 Å². The number of nitrogens with one attached hydrogen (secondary N) is 1. The predicted molar refractivity (Wildman–Crippen MR) is 107 cm³/mol. The Hall–Kier alpha value is -2.68. The van der Waals surface area contributed by atoms with Crippen molar-refractivity contribution in [2.45, 2.75) is 5.66 Å². The van der Waals surface area contributed by atoms with Gasteiger partial charge in [0.2, 0.25) is 0 Å². The van der Waals surface area contributed by atoms with Crippen LogP contribution in [-0.4, -0.2) is 37.7 Å². The number of carbonyl (C=O) groups excluding carboxylic acids is 3. The fourth-order valence-electron chi connectivity index (χ4n) is 2.13. The Labute approximate surface area is 180 Å². The van der Waals surface area contributed by atoms with E-state index in [-0.39, 0.29) is 16.3 Å². The maximum absolute atomic E-state index is 12.7. The molecule has 0 unspecified atom stereocenters. The third-order valence-corrected chi connectivity index (χ3v) is 4.37. The highest BCUT2D eigenvalue weighted by atomic mass is 35.5. The fourth-order valence-corrected chi connectivity index (χ4v) is 2.75. The Morgan fingerprint density at radius 1 is 0.897 bits per heavy atom. The molecule has 0 saturated carbocycles. The van der Waals surface area contributed by atoms with Crippen LogP contribution in [0, 0.1) is 0 Å². The number of hydrogen-bond donors (Lipinski definition) is 1. The zero-order chi connectivity index (χ0) is 21.6. The summed E-state index contributed by atoms with van der Waals surface area (Å²) in [6.07, 6.45) is 0. The van der Waals surface area contributed by atoms with E-state index in [1.165, 1.54) is 42.5 Å². The summed E-state index contributed by atoms with van der Waals surface area (Å²) in [4.78, 5) is 37.6. The topological polar surface area (TPSA) is 106 Å². The Morgan fingerprint density at radius 2 is 1.45 bits per heavy atom. The molecule has 0 aliphatic carbocycles. The van der Waals surface area contributed by atoms with Crippen LogP contribution in [-0.2, 0) is 19.1 Å². The molecule has 0 heterocycles. The lowest BCUT2D eigenvalue weighted by Crippen LogP contribution is -2.59. The third-order valence-electron chi connectivity index (χ3n) is 3.57. The average Bonchev–Trinajstić information content (AvgIpc) is 2.70. The Kier molecular flexibility index (Phi) is 7.55. The van der Waals surface area contributed by atoms with Gasteiger partial charge in [-0.3, -0.25) is 4.79 Å². The lowest BCUT2D eigenvalue weighted by Gasteiger charge is -2.24. The second-order valence-corrected chi connectivity index (χ2v) is 6.73. The van der Waals surface area contributed by atoms with Crippen molar-refractivity contribution in [3.63, 3.8) is 0 Å². The van der Waals surface area contributed by atoms with Gasteiger partial charge in [0.25, 0.3) is 5.91 Å². The minimum absolute atomic E-state index is 0.00623. The van der Waals surface area contributed by atoms with Crippen LogP contribution in [0.4, 0.5) is 5.69 Å². The predicted octanol–water partition coefficient (Wildman–Crippen LogP) is 4.20. The number of rotatable bonds is 6. The molecular formula is C18H14Cl3N3O5. The van der Waals surface area contributed by atoms with Crippen LogP contribution >= 0.6 is 34.8 Å². The number of amides is 1. The minimum Gasteiger partial charge on any atom is -0.465 e. The summed E-state index contributed by atoms with van der Waals surface area (Å²) in [5, 5.41) is 10.5. The number of benzene rings is 2. The molecule has 2 aromatic carbocycles. The van der Waals surface area contributed by atoms with Crippen LogP contribution in [0.2, 0.25) is 15.1 Å². The van der Waals surface area contributed by atoms with E-state index < -0.39 is 23.5 Å². The number of esters is 2. The monoisotopic (exact) mass is 457 g/mol. The van der Waals surface area contributed by atoms with E-state index in [0.29, 0.717) is 10.0 Å². The van der Waals surface area contributed by atoms with Crippen LogP contribution < -0.4 is 5.32 Å². The summed E-state index contributed by atoms with van der Waals surface area (Å²) in [6.45, 7) is 0. The number of halogens is 3. The lowest BCUT2D eigenvalue weighted by molar-refractivity contribution is -0.162. The van der Waals surface area contributed by atoms with Gasteiger partial charge in [-0.05, 0) is 42.5 Å². The van der Waals surface area contributed by atoms with E-state index in [0.717, 1.165) is 14.2 Å². The molecule has 0 spiro atoms. The molecular weight excluding hydrogens is 445 g/mol. The van der Waals surface area contributed by atoms with Gasteiger partial charge >= 0.3 is 17.6 Å². The SMILES string of the molecule is COC(=O)C(N=Nc1ccc(Cl)cc1)(NC(=O)c1ccc(Cl)cc1Cl)C(=O)OC. The van der Waals surface area contributed by atoms with Gasteiger partial charge < -0.3 is 14.8 Å². The number of methoxy groups -OCH3 is 2. The average molecular weight is 459 g/mol. The summed E-state index contributed by atoms with van der Waals surface area (Å²) in [7, 11) is 2.03. The van der Waals surface area contributed by atoms with Crippen molar-refractivity contribution >= 4 is 58.3 Å². The molecule has 1 N–H and O–H groups in total. The molecule has 1 amide bonds. The molecule has 0 aromatic heterocycles. The van der Waals surface area contributed by atoms with Crippen molar-refractivity contribution < 1.29 is 23.9 Å². The van der Waals surface area contributed by atoms with Crippen LogP contribution in [0.3, 0.4) is 0 Å². The largest absolute Gasteiger partial charge is 0.465 e. The minimum atomic E-state index is -2.61. The number of azo groups is 1. The smallest absolute Gasteiger partial charge is 0.368 e. The maximum Gasteiger partial charge on any atom is 0.368 e. The number of ether oxygens (including phenoxy) is 2. The van der Waals surface area contributed by atoms with Crippen LogP contribution in [0.5, 0.6) is 0 Å². The molecule has 11 heteroatoms. The zero-order valence-electron chi connectivity index (χ0n) is 15.1. The molecule has 0 atom stereocenters. The quantitative estimate of drug-likeness (QED) is 0.396. The molecule has 0 bridgehead atoms. The van der Waals surface area contributed by atoms with Crippen LogP contribution in [0.1, 0.15) is 10.4 Å². The number of carbonyl (C=O) groups is 3. The van der Waals surface area contributed by atoms with Gasteiger partial charge in [0, 0.05) is 10.0 Å². The normalized spacial score (nSPS) is 11.2. The highest BCUT2D eigenvalue weighted by Gasteiger charge is 2.51. The molecule has 2 aromatic rings. The molecule has 0 saturated heterocycles. The van der Waals surface area contributed by atoms with Gasteiger partial charge in [-0.25, -0.2) is 9.59 Å². The first-order valence-electron chi connectivity index (χ1n) is 7.86. The van der Waals surface area contributed by atoms with E-state index in [9.17, 15) is 14.4 Å². The lowest BCUT2D eigenvalue weighted by atomic mass is 10.1. The highest BCUT2D eigenvalue weighted by molar-refractivity contribution is 6.36. The molecule has 29 heavy (non-hydrogen) atoms. The zero-order valence-corrected chi connectivity index (χ0v) is 17.4. The molecule has 0 aliphatic heterocycles. The third kappa shape index (κ3) is 5.23. The van der Waals surface area contributed by atoms with E-state index in [1.54, 1.807) is 0 Å². The first-order chi connectivity index (χ1) is 13.7. The van der Waals surface area contributed by atoms with E-state index >= 15 is 0 Å². The fraction of sp³-hybridized carbons (Fsp3) is 0.167. The molecule has 152 valence electrons. The summed E-state index contributed by atoms with van der Waals surface area (Å²) in [5.74, 6) is -3.35. The van der Waals surface area contributed by atoms with E-state index in [4.69, 9.17) is 34.8 Å². The molecule has 2 rings (SSSR count). The number of hydrogen-bond acceptors (Lipinski definition) is 7. The van der Waals surface area contributed by atoms with Crippen molar-refractivity contribution in [1.82, 2.24) is 5.32 Å². The van der Waals surface area contributed by atoms with Crippen LogP contribution in [0.25, 0.3) is 0 Å². The first kappa shape index (κ1) is 22.6. The molecule has 8 nitrogen and oxygen atoms in total. The molecule has 0 radical (unpaired) electrons. The summed E-state index contributed by atoms with van der Waals surface area (Å²) < 4.78 is 9.30. The van der Waals surface area contributed by atoms with Gasteiger partial charge in [0.1, 0.15) is 0 Å². The first-order valence-corrected chi connectivity index (χ1v) is 8.99. The Balaban J connectivity index is 2.50. The number of nitrogens with zero attached hydrogens (tertiary/aromatic N) is 2. The van der Waals surface area contributed by atoms with Gasteiger partial charge in [-0.15, -0.1) is 5.11 Å². The molecule has 0 aliphatic rings. The van der Waals surface area contributed by atoms with Crippen molar-refractivity contribution in [3.8, 4) is 0 Å². The summed E-state index contributed by atoms with van der Waals surface area (Å²) in [6, 6.07) is 10.1. The van der Waals surface area contributed by atoms with Gasteiger partial charge in [-0.2, -0.15) is 5.11 Å². The van der Waals surface area contributed by atoms with Crippen LogP contribution in [0.15, 0.2) is 52.7 Å².